The maximum Gasteiger partial charge on any atom is 0.329 e. The Morgan fingerprint density at radius 3 is 2.59 bits per heavy atom. The molecule has 1 fully saturated rings. The van der Waals surface area contributed by atoms with E-state index in [4.69, 9.17) is 44.6 Å². The molecular formula is C13H14Cl3NO4S. The second-order valence-corrected chi connectivity index (χ2v) is 7.42. The van der Waals surface area contributed by atoms with Crippen LogP contribution in [-0.2, 0) is 20.5 Å². The maximum atomic E-state index is 12.8. The molecule has 1 saturated heterocycles. The number of aliphatic carboxylic acids is 1. The van der Waals surface area contributed by atoms with Crippen molar-refractivity contribution < 1.29 is 18.8 Å². The molecule has 0 amide bonds. The molecule has 1 aliphatic heterocycles. The number of carbonyl (C=O) groups is 1. The second-order valence-electron chi connectivity index (χ2n) is 4.79. The first kappa shape index (κ1) is 18.0. The molecule has 0 saturated carbocycles. The zero-order chi connectivity index (χ0) is 16.3. The SMILES string of the molecule is O=C(O)COCC1CCCN1S(=O)c1c(Cl)cc(Cl)cc1Cl. The largest absolute Gasteiger partial charge is 0.480 e. The van der Waals surface area contributed by atoms with E-state index < -0.39 is 17.0 Å². The van der Waals surface area contributed by atoms with Crippen molar-refractivity contribution in [1.82, 2.24) is 4.31 Å². The van der Waals surface area contributed by atoms with E-state index in [9.17, 15) is 9.00 Å². The number of carboxylic acid groups (broad SMARTS) is 1. The van der Waals surface area contributed by atoms with Gasteiger partial charge in [-0.15, -0.1) is 0 Å². The summed E-state index contributed by atoms with van der Waals surface area (Å²) in [5, 5.41) is 9.45. The summed E-state index contributed by atoms with van der Waals surface area (Å²) >= 11 is 18.1. The number of benzene rings is 1. The van der Waals surface area contributed by atoms with Gasteiger partial charge in [0.25, 0.3) is 0 Å². The van der Waals surface area contributed by atoms with Crippen LogP contribution >= 0.6 is 34.8 Å². The van der Waals surface area contributed by atoms with Crippen LogP contribution in [0.15, 0.2) is 17.0 Å². The van der Waals surface area contributed by atoms with Crippen LogP contribution in [0.4, 0.5) is 0 Å². The van der Waals surface area contributed by atoms with Gasteiger partial charge >= 0.3 is 5.97 Å². The summed E-state index contributed by atoms with van der Waals surface area (Å²) in [6.45, 7) is 0.420. The Kier molecular flexibility index (Phi) is 6.49. The molecule has 2 atom stereocenters. The van der Waals surface area contributed by atoms with E-state index in [0.717, 1.165) is 12.8 Å². The van der Waals surface area contributed by atoms with Crippen LogP contribution in [0.5, 0.6) is 0 Å². The Hall–Kier alpha value is -0.370. The molecule has 22 heavy (non-hydrogen) atoms. The van der Waals surface area contributed by atoms with Gasteiger partial charge in [0, 0.05) is 17.6 Å². The van der Waals surface area contributed by atoms with Gasteiger partial charge in [0.1, 0.15) is 17.6 Å². The number of hydrogen-bond donors (Lipinski definition) is 1. The molecule has 0 bridgehead atoms. The molecule has 5 nitrogen and oxygen atoms in total. The van der Waals surface area contributed by atoms with Gasteiger partial charge in [0.2, 0.25) is 0 Å². The summed E-state index contributed by atoms with van der Waals surface area (Å²) in [5.41, 5.74) is 0. The van der Waals surface area contributed by atoms with E-state index in [-0.39, 0.29) is 29.3 Å². The Morgan fingerprint density at radius 1 is 1.36 bits per heavy atom. The molecule has 1 N–H and O–H groups in total. The molecule has 0 spiro atoms. The highest BCUT2D eigenvalue weighted by atomic mass is 35.5. The summed E-state index contributed by atoms with van der Waals surface area (Å²) in [6, 6.07) is 2.85. The van der Waals surface area contributed by atoms with Gasteiger partial charge in [0.05, 0.1) is 21.5 Å². The third kappa shape index (κ3) is 4.34. The van der Waals surface area contributed by atoms with Crippen LogP contribution in [0.2, 0.25) is 15.1 Å². The van der Waals surface area contributed by atoms with Crippen LogP contribution in [0.1, 0.15) is 12.8 Å². The van der Waals surface area contributed by atoms with Gasteiger partial charge in [-0.05, 0) is 25.0 Å². The fraction of sp³-hybridized carbons (Fsp3) is 0.462. The fourth-order valence-electron chi connectivity index (χ4n) is 2.29. The van der Waals surface area contributed by atoms with E-state index in [0.29, 0.717) is 16.5 Å². The van der Waals surface area contributed by atoms with Crippen molar-refractivity contribution in [2.75, 3.05) is 19.8 Å². The smallest absolute Gasteiger partial charge is 0.329 e. The molecule has 2 rings (SSSR count). The average Bonchev–Trinajstić information content (AvgIpc) is 2.85. The summed E-state index contributed by atoms with van der Waals surface area (Å²) in [7, 11) is -1.55. The average molecular weight is 387 g/mol. The van der Waals surface area contributed by atoms with E-state index in [1.165, 1.54) is 12.1 Å². The number of ether oxygens (including phenoxy) is 1. The van der Waals surface area contributed by atoms with Crippen molar-refractivity contribution in [1.29, 1.82) is 0 Å². The maximum absolute atomic E-state index is 12.8. The first-order valence-corrected chi connectivity index (χ1v) is 8.77. The van der Waals surface area contributed by atoms with Crippen LogP contribution in [0.3, 0.4) is 0 Å². The van der Waals surface area contributed by atoms with Gasteiger partial charge in [-0.25, -0.2) is 13.3 Å². The Labute approximate surface area is 145 Å². The van der Waals surface area contributed by atoms with Crippen molar-refractivity contribution >= 4 is 51.8 Å². The lowest BCUT2D eigenvalue weighted by Gasteiger charge is -2.23. The highest BCUT2D eigenvalue weighted by molar-refractivity contribution is 7.83. The van der Waals surface area contributed by atoms with Crippen LogP contribution in [0.25, 0.3) is 0 Å². The van der Waals surface area contributed by atoms with Crippen molar-refractivity contribution in [2.45, 2.75) is 23.8 Å². The molecule has 0 aromatic heterocycles. The summed E-state index contributed by atoms with van der Waals surface area (Å²) in [5.74, 6) is -1.03. The van der Waals surface area contributed by atoms with Gasteiger partial charge in [-0.3, -0.25) is 0 Å². The van der Waals surface area contributed by atoms with Gasteiger partial charge < -0.3 is 9.84 Å². The topological polar surface area (TPSA) is 66.8 Å². The third-order valence-corrected chi connectivity index (χ3v) is 5.94. The Morgan fingerprint density at radius 2 is 2.00 bits per heavy atom. The Balaban J connectivity index is 2.12. The Bertz CT molecular complexity index is 576. The zero-order valence-electron chi connectivity index (χ0n) is 11.4. The predicted octanol–water partition coefficient (Wildman–Crippen LogP) is 3.24. The van der Waals surface area contributed by atoms with Crippen molar-refractivity contribution in [3.63, 3.8) is 0 Å². The molecule has 1 aromatic rings. The quantitative estimate of drug-likeness (QED) is 0.815. The second kappa shape index (κ2) is 7.95. The van der Waals surface area contributed by atoms with Gasteiger partial charge in [-0.2, -0.15) is 0 Å². The molecule has 1 aliphatic rings. The minimum Gasteiger partial charge on any atom is -0.480 e. The zero-order valence-corrected chi connectivity index (χ0v) is 14.5. The fourth-order valence-corrected chi connectivity index (χ4v) is 4.92. The van der Waals surface area contributed by atoms with E-state index in [1.54, 1.807) is 4.31 Å². The highest BCUT2D eigenvalue weighted by Crippen LogP contribution is 2.34. The third-order valence-electron chi connectivity index (χ3n) is 3.21. The van der Waals surface area contributed by atoms with Crippen LogP contribution in [-0.4, -0.2) is 45.4 Å². The summed E-state index contributed by atoms with van der Waals surface area (Å²) in [6.07, 6.45) is 1.61. The normalized spacial score (nSPS) is 20.2. The summed E-state index contributed by atoms with van der Waals surface area (Å²) in [4.78, 5) is 10.8. The first-order chi connectivity index (χ1) is 10.4. The number of carboxylic acids is 1. The minimum absolute atomic E-state index is 0.136. The number of nitrogens with zero attached hydrogens (tertiary/aromatic N) is 1. The lowest BCUT2D eigenvalue weighted by Crippen LogP contribution is -2.35. The van der Waals surface area contributed by atoms with Crippen LogP contribution in [0, 0.1) is 0 Å². The standard InChI is InChI=1S/C13H14Cl3NO4S/c14-8-4-10(15)13(11(16)5-8)22(20)17-3-1-2-9(17)6-21-7-12(18)19/h4-5,9H,1-3,6-7H2,(H,18,19). The number of rotatable bonds is 6. The predicted molar refractivity (Wildman–Crippen MR) is 86.1 cm³/mol. The van der Waals surface area contributed by atoms with Gasteiger partial charge in [0.15, 0.2) is 0 Å². The van der Waals surface area contributed by atoms with Gasteiger partial charge in [-0.1, -0.05) is 34.8 Å². The van der Waals surface area contributed by atoms with Crippen molar-refractivity contribution in [3.8, 4) is 0 Å². The molecular weight excluding hydrogens is 373 g/mol. The summed E-state index contributed by atoms with van der Waals surface area (Å²) < 4.78 is 19.6. The van der Waals surface area contributed by atoms with E-state index in [1.807, 2.05) is 0 Å². The van der Waals surface area contributed by atoms with Crippen molar-refractivity contribution in [3.05, 3.63) is 27.2 Å². The molecule has 1 aromatic carbocycles. The molecule has 122 valence electrons. The molecule has 2 unspecified atom stereocenters. The van der Waals surface area contributed by atoms with E-state index >= 15 is 0 Å². The van der Waals surface area contributed by atoms with E-state index in [2.05, 4.69) is 0 Å². The first-order valence-electron chi connectivity index (χ1n) is 6.52. The lowest BCUT2D eigenvalue weighted by atomic mass is 10.2. The highest BCUT2D eigenvalue weighted by Gasteiger charge is 2.32. The molecule has 0 aliphatic carbocycles. The molecule has 1 heterocycles. The monoisotopic (exact) mass is 385 g/mol. The number of hydrogen-bond acceptors (Lipinski definition) is 3. The molecule has 9 heteroatoms. The number of halogens is 3. The minimum atomic E-state index is -1.55. The van der Waals surface area contributed by atoms with Crippen LogP contribution < -0.4 is 0 Å². The lowest BCUT2D eigenvalue weighted by molar-refractivity contribution is -0.142. The van der Waals surface area contributed by atoms with Crippen molar-refractivity contribution in [2.24, 2.45) is 0 Å². The molecule has 0 radical (unpaired) electrons.